The van der Waals surface area contributed by atoms with Gasteiger partial charge in [-0.05, 0) is 42.7 Å². The number of aromatic nitrogens is 2. The van der Waals surface area contributed by atoms with Gasteiger partial charge in [0.15, 0.2) is 15.7 Å². The van der Waals surface area contributed by atoms with Crippen LogP contribution < -0.4 is 5.32 Å². The van der Waals surface area contributed by atoms with Crippen LogP contribution in [0.4, 0.5) is 14.5 Å². The number of carbonyl (C=O) groups is 1. The van der Waals surface area contributed by atoms with Crippen LogP contribution in [0.2, 0.25) is 10.0 Å². The van der Waals surface area contributed by atoms with Crippen molar-refractivity contribution >= 4 is 44.6 Å². The highest BCUT2D eigenvalue weighted by Crippen LogP contribution is 2.58. The predicted molar refractivity (Wildman–Crippen MR) is 134 cm³/mol. The largest absolute Gasteiger partial charge is 0.338 e. The van der Waals surface area contributed by atoms with E-state index in [2.05, 4.69) is 15.5 Å². The Kier molecular flexibility index (Phi) is 6.57. The summed E-state index contributed by atoms with van der Waals surface area (Å²) in [5.74, 6) is -2.88. The van der Waals surface area contributed by atoms with E-state index >= 15 is 0 Å². The summed E-state index contributed by atoms with van der Waals surface area (Å²) < 4.78 is 55.9. The highest BCUT2D eigenvalue weighted by Gasteiger charge is 2.54. The lowest BCUT2D eigenvalue weighted by Gasteiger charge is -2.32. The number of hydrogen-bond acceptors (Lipinski definition) is 6. The van der Waals surface area contributed by atoms with Gasteiger partial charge in [-0.1, -0.05) is 47.4 Å². The molecule has 0 unspecified atom stereocenters. The van der Waals surface area contributed by atoms with Crippen LogP contribution in [0.15, 0.2) is 45.8 Å². The van der Waals surface area contributed by atoms with Crippen molar-refractivity contribution in [1.82, 2.24) is 10.1 Å². The van der Waals surface area contributed by atoms with E-state index in [4.69, 9.17) is 27.7 Å². The SMILES string of the molecule is CCS(=O)(=O)c1ccc(CC(=O)Nc2cc(Cl)c(C3(c4nc(C5CC(F)(F)C5)no4)CC3)c(Cl)c2)cc1. The number of halogens is 4. The number of nitrogens with zero attached hydrogens (tertiary/aromatic N) is 2. The van der Waals surface area contributed by atoms with E-state index in [1.807, 2.05) is 0 Å². The van der Waals surface area contributed by atoms with Gasteiger partial charge in [0, 0.05) is 40.1 Å². The van der Waals surface area contributed by atoms with Crippen LogP contribution in [0.3, 0.4) is 0 Å². The molecule has 1 heterocycles. The van der Waals surface area contributed by atoms with Gasteiger partial charge >= 0.3 is 0 Å². The van der Waals surface area contributed by atoms with Gasteiger partial charge in [0.1, 0.15) is 0 Å². The molecule has 1 amide bonds. The molecule has 12 heteroatoms. The average Bonchev–Trinajstić information content (AvgIpc) is 3.44. The zero-order valence-corrected chi connectivity index (χ0v) is 22.1. The first-order valence-electron chi connectivity index (χ1n) is 11.8. The maximum absolute atomic E-state index is 13.2. The van der Waals surface area contributed by atoms with E-state index in [1.54, 1.807) is 31.2 Å². The highest BCUT2D eigenvalue weighted by molar-refractivity contribution is 7.91. The van der Waals surface area contributed by atoms with E-state index in [0.29, 0.717) is 45.6 Å². The van der Waals surface area contributed by atoms with E-state index in [0.717, 1.165) is 0 Å². The standard InChI is InChI=1S/C25H23Cl2F2N3O4S/c1-2-37(34,35)17-5-3-14(4-6-17)9-20(33)30-16-10-18(26)21(19(27)11-16)24(7-8-24)23-31-22(32-36-23)15-12-25(28,29)13-15/h3-6,10-11,15H,2,7-9,12-13H2,1H3,(H,30,33). The number of nitrogens with one attached hydrogen (secondary N) is 1. The van der Waals surface area contributed by atoms with Crippen LogP contribution in [0.25, 0.3) is 0 Å². The first-order chi connectivity index (χ1) is 17.4. The van der Waals surface area contributed by atoms with E-state index in [-0.39, 0.29) is 41.6 Å². The Morgan fingerprint density at radius 3 is 2.30 bits per heavy atom. The lowest BCUT2D eigenvalue weighted by molar-refractivity contribution is -0.115. The van der Waals surface area contributed by atoms with Gasteiger partial charge in [0.05, 0.1) is 22.5 Å². The first-order valence-corrected chi connectivity index (χ1v) is 14.2. The number of hydrogen-bond donors (Lipinski definition) is 1. The minimum atomic E-state index is -3.31. The van der Waals surface area contributed by atoms with Crippen molar-refractivity contribution in [2.75, 3.05) is 11.1 Å². The summed E-state index contributed by atoms with van der Waals surface area (Å²) in [6.45, 7) is 1.57. The van der Waals surface area contributed by atoms with E-state index in [1.165, 1.54) is 12.1 Å². The van der Waals surface area contributed by atoms with Crippen molar-refractivity contribution in [2.24, 2.45) is 0 Å². The van der Waals surface area contributed by atoms with Crippen LogP contribution in [0.5, 0.6) is 0 Å². The summed E-state index contributed by atoms with van der Waals surface area (Å²) in [4.78, 5) is 17.2. The molecule has 196 valence electrons. The Balaban J connectivity index is 1.29. The molecule has 2 aliphatic rings. The van der Waals surface area contributed by atoms with Gasteiger partial charge in [0.2, 0.25) is 17.7 Å². The second kappa shape index (κ2) is 9.32. The maximum atomic E-state index is 13.2. The second-order valence-corrected chi connectivity index (χ2v) is 12.7. The van der Waals surface area contributed by atoms with Gasteiger partial charge in [-0.25, -0.2) is 17.2 Å². The van der Waals surface area contributed by atoms with Crippen molar-refractivity contribution < 1.29 is 26.5 Å². The van der Waals surface area contributed by atoms with Crippen LogP contribution in [0.1, 0.15) is 61.4 Å². The molecule has 0 atom stereocenters. The van der Waals surface area contributed by atoms with Gasteiger partial charge in [-0.15, -0.1) is 0 Å². The van der Waals surface area contributed by atoms with Crippen LogP contribution in [-0.2, 0) is 26.5 Å². The number of carbonyl (C=O) groups excluding carboxylic acids is 1. The van der Waals surface area contributed by atoms with Crippen LogP contribution in [0, 0.1) is 0 Å². The first kappa shape index (κ1) is 26.1. The molecule has 2 aromatic carbocycles. The molecule has 37 heavy (non-hydrogen) atoms. The summed E-state index contributed by atoms with van der Waals surface area (Å²) in [6, 6.07) is 9.34. The molecular weight excluding hydrogens is 547 g/mol. The number of anilines is 1. The number of rotatable bonds is 8. The topological polar surface area (TPSA) is 102 Å². The van der Waals surface area contributed by atoms with Gasteiger partial charge in [-0.2, -0.15) is 4.98 Å². The Hall–Kier alpha value is -2.56. The Labute approximate surface area is 222 Å². The smallest absolute Gasteiger partial charge is 0.249 e. The lowest BCUT2D eigenvalue weighted by atomic mass is 9.81. The Morgan fingerprint density at radius 2 is 1.76 bits per heavy atom. The van der Waals surface area contributed by atoms with Crippen molar-refractivity contribution in [3.8, 4) is 0 Å². The molecule has 2 aliphatic carbocycles. The van der Waals surface area contributed by atoms with Crippen LogP contribution in [-0.4, -0.2) is 36.1 Å². The third-order valence-corrected chi connectivity index (χ3v) is 9.23. The molecule has 0 spiro atoms. The quantitative estimate of drug-likeness (QED) is 0.360. The van der Waals surface area contributed by atoms with Gasteiger partial charge in [-0.3, -0.25) is 4.79 Å². The normalized spacial score (nSPS) is 18.3. The minimum Gasteiger partial charge on any atom is -0.338 e. The molecule has 5 rings (SSSR count). The highest BCUT2D eigenvalue weighted by atomic mass is 35.5. The van der Waals surface area contributed by atoms with Crippen LogP contribution >= 0.6 is 23.2 Å². The van der Waals surface area contributed by atoms with Gasteiger partial charge in [0.25, 0.3) is 0 Å². The number of benzene rings is 2. The molecule has 1 N–H and O–H groups in total. The van der Waals surface area contributed by atoms with Crippen molar-refractivity contribution in [3.63, 3.8) is 0 Å². The fraction of sp³-hybridized carbons (Fsp3) is 0.400. The minimum absolute atomic E-state index is 0.00126. The third kappa shape index (κ3) is 5.11. The summed E-state index contributed by atoms with van der Waals surface area (Å²) in [5.41, 5.74) is 0.951. The number of sulfone groups is 1. The molecule has 7 nitrogen and oxygen atoms in total. The molecule has 2 fully saturated rings. The second-order valence-electron chi connectivity index (χ2n) is 9.59. The molecular formula is C25H23Cl2F2N3O4S. The Bertz CT molecular complexity index is 1440. The van der Waals surface area contributed by atoms with Crippen molar-refractivity contribution in [1.29, 1.82) is 0 Å². The monoisotopic (exact) mass is 569 g/mol. The predicted octanol–water partition coefficient (Wildman–Crippen LogP) is 5.94. The Morgan fingerprint density at radius 1 is 1.14 bits per heavy atom. The summed E-state index contributed by atoms with van der Waals surface area (Å²) in [5, 5.41) is 7.30. The molecule has 3 aromatic rings. The zero-order chi connectivity index (χ0) is 26.6. The molecule has 1 aromatic heterocycles. The molecule has 0 radical (unpaired) electrons. The molecule has 0 aliphatic heterocycles. The fourth-order valence-corrected chi connectivity index (χ4v) is 6.34. The number of amides is 1. The zero-order valence-electron chi connectivity index (χ0n) is 19.7. The van der Waals surface area contributed by atoms with Crippen molar-refractivity contribution in [2.45, 2.75) is 61.2 Å². The summed E-state index contributed by atoms with van der Waals surface area (Å²) >= 11 is 13.2. The maximum Gasteiger partial charge on any atom is 0.249 e. The fourth-order valence-electron chi connectivity index (χ4n) is 4.61. The third-order valence-electron chi connectivity index (χ3n) is 6.89. The van der Waals surface area contributed by atoms with E-state index in [9.17, 15) is 22.0 Å². The lowest BCUT2D eigenvalue weighted by Crippen LogP contribution is -2.34. The summed E-state index contributed by atoms with van der Waals surface area (Å²) in [7, 11) is -3.31. The molecule has 2 saturated carbocycles. The summed E-state index contributed by atoms with van der Waals surface area (Å²) in [6.07, 6.45) is 0.751. The van der Waals surface area contributed by atoms with Gasteiger partial charge < -0.3 is 9.84 Å². The molecule has 0 saturated heterocycles. The molecule has 0 bridgehead atoms. The average molecular weight is 570 g/mol. The number of alkyl halides is 2. The van der Waals surface area contributed by atoms with E-state index < -0.39 is 27.1 Å². The van der Waals surface area contributed by atoms with Crippen molar-refractivity contribution in [3.05, 3.63) is 69.3 Å².